The summed E-state index contributed by atoms with van der Waals surface area (Å²) in [5, 5.41) is 7.53. The van der Waals surface area contributed by atoms with E-state index in [0.29, 0.717) is 25.0 Å². The lowest BCUT2D eigenvalue weighted by atomic mass is 10.0. The van der Waals surface area contributed by atoms with Crippen molar-refractivity contribution in [1.82, 2.24) is 15.1 Å². The van der Waals surface area contributed by atoms with Crippen LogP contribution >= 0.6 is 0 Å². The molecule has 2 aromatic rings. The van der Waals surface area contributed by atoms with Crippen LogP contribution in [-0.4, -0.2) is 28.9 Å². The summed E-state index contributed by atoms with van der Waals surface area (Å²) < 4.78 is 13.1. The predicted molar refractivity (Wildman–Crippen MR) is 95.1 cm³/mol. The molecule has 136 valence electrons. The molecule has 1 aromatic heterocycles. The largest absolute Gasteiger partial charge is 0.486 e. The summed E-state index contributed by atoms with van der Waals surface area (Å²) in [6, 6.07) is 6.11. The molecule has 0 saturated heterocycles. The molecule has 1 N–H and O–H groups in total. The summed E-state index contributed by atoms with van der Waals surface area (Å²) in [6.07, 6.45) is 7.12. The summed E-state index contributed by atoms with van der Waals surface area (Å²) in [7, 11) is 1.91. The molecule has 3 atom stereocenters. The van der Waals surface area contributed by atoms with Gasteiger partial charge in [-0.1, -0.05) is 6.07 Å². The minimum Gasteiger partial charge on any atom is -0.486 e. The van der Waals surface area contributed by atoms with Gasteiger partial charge in [-0.2, -0.15) is 5.10 Å². The molecular formula is C20H23N3O3. The zero-order valence-electron chi connectivity index (χ0n) is 14.9. The van der Waals surface area contributed by atoms with Crippen LogP contribution in [0.2, 0.25) is 0 Å². The van der Waals surface area contributed by atoms with Gasteiger partial charge in [0.2, 0.25) is 5.91 Å². The van der Waals surface area contributed by atoms with E-state index in [0.717, 1.165) is 41.9 Å². The number of hydrogen-bond acceptors (Lipinski definition) is 4. The third kappa shape index (κ3) is 2.93. The average molecular weight is 353 g/mol. The van der Waals surface area contributed by atoms with E-state index in [1.807, 2.05) is 31.6 Å². The molecule has 1 aromatic carbocycles. The van der Waals surface area contributed by atoms with Gasteiger partial charge < -0.3 is 14.8 Å². The maximum Gasteiger partial charge on any atom is 0.224 e. The fourth-order valence-electron chi connectivity index (χ4n) is 3.90. The Morgan fingerprint density at radius 3 is 2.81 bits per heavy atom. The summed E-state index contributed by atoms with van der Waals surface area (Å²) >= 11 is 0. The van der Waals surface area contributed by atoms with Crippen molar-refractivity contribution in [2.24, 2.45) is 18.9 Å². The Balaban J connectivity index is 1.30. The maximum absolute atomic E-state index is 12.8. The van der Waals surface area contributed by atoms with E-state index in [-0.39, 0.29) is 17.9 Å². The van der Waals surface area contributed by atoms with Gasteiger partial charge in [-0.25, -0.2) is 0 Å². The zero-order chi connectivity index (χ0) is 17.7. The number of hydrogen-bond donors (Lipinski definition) is 1. The Labute approximate surface area is 152 Å². The van der Waals surface area contributed by atoms with E-state index in [1.165, 1.54) is 0 Å². The van der Waals surface area contributed by atoms with Crippen LogP contribution in [0.25, 0.3) is 0 Å². The number of nitrogens with zero attached hydrogens (tertiary/aromatic N) is 2. The first-order valence-corrected chi connectivity index (χ1v) is 9.37. The lowest BCUT2D eigenvalue weighted by molar-refractivity contribution is -0.123. The van der Waals surface area contributed by atoms with Gasteiger partial charge in [0, 0.05) is 19.2 Å². The Hall–Kier alpha value is -2.50. The molecule has 0 radical (unpaired) electrons. The number of rotatable bonds is 5. The molecule has 2 saturated carbocycles. The first-order valence-electron chi connectivity index (χ1n) is 9.37. The van der Waals surface area contributed by atoms with Gasteiger partial charge >= 0.3 is 0 Å². The first kappa shape index (κ1) is 15.7. The van der Waals surface area contributed by atoms with E-state index in [9.17, 15) is 4.79 Å². The lowest BCUT2D eigenvalue weighted by Gasteiger charge is -2.23. The topological polar surface area (TPSA) is 65.4 Å². The predicted octanol–water partition coefficient (Wildman–Crippen LogP) is 2.56. The van der Waals surface area contributed by atoms with Crippen LogP contribution in [0.3, 0.4) is 0 Å². The summed E-state index contributed by atoms with van der Waals surface area (Å²) in [5.74, 6) is 2.64. The van der Waals surface area contributed by atoms with E-state index >= 15 is 0 Å². The molecule has 5 rings (SSSR count). The van der Waals surface area contributed by atoms with Crippen molar-refractivity contribution in [2.75, 3.05) is 13.2 Å². The van der Waals surface area contributed by atoms with Crippen molar-refractivity contribution < 1.29 is 14.3 Å². The molecular weight excluding hydrogens is 330 g/mol. The van der Waals surface area contributed by atoms with E-state index in [2.05, 4.69) is 16.5 Å². The smallest absolute Gasteiger partial charge is 0.224 e. The summed E-state index contributed by atoms with van der Waals surface area (Å²) in [4.78, 5) is 12.8. The molecule has 2 heterocycles. The van der Waals surface area contributed by atoms with Crippen molar-refractivity contribution in [1.29, 1.82) is 0 Å². The quantitative estimate of drug-likeness (QED) is 0.897. The molecule has 3 aliphatic rings. The normalized spacial score (nSPS) is 24.8. The number of aryl methyl sites for hydroxylation is 1. The maximum atomic E-state index is 12.8. The van der Waals surface area contributed by atoms with Gasteiger partial charge in [0.1, 0.15) is 13.2 Å². The van der Waals surface area contributed by atoms with Crippen molar-refractivity contribution in [2.45, 2.75) is 31.2 Å². The molecule has 2 aliphatic carbocycles. The molecule has 0 bridgehead atoms. The number of ether oxygens (including phenoxy) is 2. The Bertz CT molecular complexity index is 843. The zero-order valence-corrected chi connectivity index (χ0v) is 14.9. The van der Waals surface area contributed by atoms with Gasteiger partial charge in [0.25, 0.3) is 0 Å². The number of fused-ring (bicyclic) bond motifs is 1. The van der Waals surface area contributed by atoms with Crippen LogP contribution in [0, 0.1) is 11.8 Å². The Kier molecular flexibility index (Phi) is 3.65. The average Bonchev–Trinajstić information content (AvgIpc) is 3.58. The highest BCUT2D eigenvalue weighted by molar-refractivity contribution is 5.83. The standard InChI is InChI=1S/C20H23N3O3/c1-23-11-14(10-21-23)15-9-16(15)20(24)22-19(12-2-3-12)13-4-5-17-18(8-13)26-7-6-25-17/h4-5,8,10-12,15-16,19H,2-3,6-7,9H2,1H3,(H,22,24)/t15-,16+,19+/m0/s1. The molecule has 6 heteroatoms. The van der Waals surface area contributed by atoms with Crippen LogP contribution in [-0.2, 0) is 11.8 Å². The van der Waals surface area contributed by atoms with Crippen molar-refractivity contribution >= 4 is 5.91 Å². The number of carbonyl (C=O) groups is 1. The highest BCUT2D eigenvalue weighted by Gasteiger charge is 2.46. The fraction of sp³-hybridized carbons (Fsp3) is 0.500. The van der Waals surface area contributed by atoms with Gasteiger partial charge in [-0.15, -0.1) is 0 Å². The Morgan fingerprint density at radius 2 is 2.08 bits per heavy atom. The molecule has 1 amide bonds. The van der Waals surface area contributed by atoms with Crippen LogP contribution in [0.4, 0.5) is 0 Å². The minimum atomic E-state index is 0.0634. The number of amides is 1. The molecule has 0 spiro atoms. The second-order valence-electron chi connectivity index (χ2n) is 7.62. The number of aromatic nitrogens is 2. The number of nitrogens with one attached hydrogen (secondary N) is 1. The number of carbonyl (C=O) groups excluding carboxylic acids is 1. The monoisotopic (exact) mass is 353 g/mol. The van der Waals surface area contributed by atoms with Crippen LogP contribution in [0.1, 0.15) is 42.3 Å². The van der Waals surface area contributed by atoms with Gasteiger partial charge in [-0.3, -0.25) is 9.48 Å². The van der Waals surface area contributed by atoms with E-state index in [4.69, 9.17) is 9.47 Å². The summed E-state index contributed by atoms with van der Waals surface area (Å²) in [6.45, 7) is 1.17. The van der Waals surface area contributed by atoms with E-state index in [1.54, 1.807) is 4.68 Å². The number of benzene rings is 1. The molecule has 26 heavy (non-hydrogen) atoms. The minimum absolute atomic E-state index is 0.0634. The lowest BCUT2D eigenvalue weighted by Crippen LogP contribution is -2.31. The van der Waals surface area contributed by atoms with Crippen molar-refractivity contribution in [3.8, 4) is 11.5 Å². The second kappa shape index (κ2) is 6.04. The molecule has 0 unspecified atom stereocenters. The van der Waals surface area contributed by atoms with Gasteiger partial charge in [0.05, 0.1) is 12.2 Å². The van der Waals surface area contributed by atoms with Crippen molar-refractivity contribution in [3.63, 3.8) is 0 Å². The first-order chi connectivity index (χ1) is 12.7. The molecule has 6 nitrogen and oxygen atoms in total. The third-order valence-electron chi connectivity index (χ3n) is 5.60. The highest BCUT2D eigenvalue weighted by Crippen LogP contribution is 2.49. The fourth-order valence-corrected chi connectivity index (χ4v) is 3.90. The summed E-state index contributed by atoms with van der Waals surface area (Å²) in [5.41, 5.74) is 2.28. The van der Waals surface area contributed by atoms with Gasteiger partial charge in [0.15, 0.2) is 11.5 Å². The second-order valence-corrected chi connectivity index (χ2v) is 7.62. The molecule has 2 fully saturated rings. The molecule has 1 aliphatic heterocycles. The highest BCUT2D eigenvalue weighted by atomic mass is 16.6. The van der Waals surface area contributed by atoms with Crippen LogP contribution in [0.15, 0.2) is 30.6 Å². The van der Waals surface area contributed by atoms with E-state index < -0.39 is 0 Å². The van der Waals surface area contributed by atoms with Crippen molar-refractivity contribution in [3.05, 3.63) is 41.7 Å². The Morgan fingerprint density at radius 1 is 1.27 bits per heavy atom. The third-order valence-corrected chi connectivity index (χ3v) is 5.60. The SMILES string of the molecule is Cn1cc([C@@H]2C[C@H]2C(=O)N[C@@H](c2ccc3c(c2)OCCO3)C2CC2)cn1. The van der Waals surface area contributed by atoms with Crippen LogP contribution < -0.4 is 14.8 Å². The van der Waals surface area contributed by atoms with Gasteiger partial charge in [-0.05, 0) is 54.4 Å². The van der Waals surface area contributed by atoms with Crippen LogP contribution in [0.5, 0.6) is 11.5 Å².